The van der Waals surface area contributed by atoms with Crippen molar-refractivity contribution < 1.29 is 0 Å². The third-order valence-corrected chi connectivity index (χ3v) is 4.74. The van der Waals surface area contributed by atoms with Crippen molar-refractivity contribution in [3.8, 4) is 0 Å². The maximum atomic E-state index is 11.7. The van der Waals surface area contributed by atoms with Gasteiger partial charge in [-0.3, -0.25) is 4.79 Å². The van der Waals surface area contributed by atoms with E-state index in [0.29, 0.717) is 23.4 Å². The molecule has 0 fully saturated rings. The van der Waals surface area contributed by atoms with Gasteiger partial charge in [0.15, 0.2) is 0 Å². The van der Waals surface area contributed by atoms with Gasteiger partial charge in [-0.1, -0.05) is 27.2 Å². The summed E-state index contributed by atoms with van der Waals surface area (Å²) in [5.41, 5.74) is 9.11. The smallest absolute Gasteiger partial charge is 0.252 e. The standard InChI is InChI=1S/C15H24N2O/c1-4-15(2,3)12-5-6-13-10(8-12)7-11(9-16)14(18)17-13/h7,12H,4-6,8-9,16H2,1-3H3,(H,17,18). The van der Waals surface area contributed by atoms with Gasteiger partial charge in [-0.05, 0) is 42.2 Å². The van der Waals surface area contributed by atoms with Gasteiger partial charge in [0.25, 0.3) is 5.56 Å². The van der Waals surface area contributed by atoms with Crippen molar-refractivity contribution >= 4 is 0 Å². The molecular formula is C15H24N2O. The van der Waals surface area contributed by atoms with Crippen molar-refractivity contribution in [1.29, 1.82) is 0 Å². The van der Waals surface area contributed by atoms with Crippen molar-refractivity contribution in [3.63, 3.8) is 0 Å². The van der Waals surface area contributed by atoms with E-state index in [4.69, 9.17) is 5.73 Å². The average molecular weight is 248 g/mol. The molecule has 100 valence electrons. The Balaban J connectivity index is 2.31. The Hall–Kier alpha value is -1.09. The first kappa shape index (κ1) is 13.3. The molecule has 0 amide bonds. The molecule has 1 aliphatic rings. The van der Waals surface area contributed by atoms with Crippen LogP contribution in [0.1, 0.15) is 50.4 Å². The van der Waals surface area contributed by atoms with Crippen LogP contribution in [0.25, 0.3) is 0 Å². The van der Waals surface area contributed by atoms with E-state index < -0.39 is 0 Å². The summed E-state index contributed by atoms with van der Waals surface area (Å²) < 4.78 is 0. The molecule has 3 nitrogen and oxygen atoms in total. The van der Waals surface area contributed by atoms with E-state index in [1.54, 1.807) is 0 Å². The molecule has 2 rings (SSSR count). The van der Waals surface area contributed by atoms with Crippen LogP contribution < -0.4 is 11.3 Å². The number of hydrogen-bond donors (Lipinski definition) is 2. The molecule has 0 bridgehead atoms. The van der Waals surface area contributed by atoms with E-state index in [2.05, 4.69) is 25.8 Å². The number of fused-ring (bicyclic) bond motifs is 1. The van der Waals surface area contributed by atoms with E-state index in [0.717, 1.165) is 18.5 Å². The lowest BCUT2D eigenvalue weighted by Gasteiger charge is -2.37. The highest BCUT2D eigenvalue weighted by Gasteiger charge is 2.31. The van der Waals surface area contributed by atoms with Gasteiger partial charge in [0.2, 0.25) is 0 Å². The largest absolute Gasteiger partial charge is 0.326 e. The summed E-state index contributed by atoms with van der Waals surface area (Å²) in [6.07, 6.45) is 4.43. The molecule has 3 N–H and O–H groups in total. The highest BCUT2D eigenvalue weighted by molar-refractivity contribution is 5.28. The van der Waals surface area contributed by atoms with Crippen LogP contribution in [0.4, 0.5) is 0 Å². The molecule has 0 radical (unpaired) electrons. The quantitative estimate of drug-likeness (QED) is 0.862. The number of H-pyrrole nitrogens is 1. The first-order chi connectivity index (χ1) is 8.47. The fourth-order valence-corrected chi connectivity index (χ4v) is 2.86. The van der Waals surface area contributed by atoms with Crippen molar-refractivity contribution in [2.24, 2.45) is 17.1 Å². The van der Waals surface area contributed by atoms with Crippen molar-refractivity contribution in [1.82, 2.24) is 4.98 Å². The third kappa shape index (κ3) is 2.37. The highest BCUT2D eigenvalue weighted by atomic mass is 16.1. The number of nitrogens with two attached hydrogens (primary N) is 1. The summed E-state index contributed by atoms with van der Waals surface area (Å²) in [5, 5.41) is 0. The SMILES string of the molecule is CCC(C)(C)C1CCc2[nH]c(=O)c(CN)cc2C1. The number of nitrogens with one attached hydrogen (secondary N) is 1. The van der Waals surface area contributed by atoms with Crippen molar-refractivity contribution in [2.45, 2.75) is 53.0 Å². The molecule has 0 saturated carbocycles. The van der Waals surface area contributed by atoms with Crippen LogP contribution in [0.3, 0.4) is 0 Å². The van der Waals surface area contributed by atoms with Gasteiger partial charge in [0.1, 0.15) is 0 Å². The van der Waals surface area contributed by atoms with Crippen LogP contribution in [0.5, 0.6) is 0 Å². The molecule has 1 aliphatic carbocycles. The van der Waals surface area contributed by atoms with E-state index in [-0.39, 0.29) is 5.56 Å². The lowest BCUT2D eigenvalue weighted by molar-refractivity contribution is 0.182. The first-order valence-electron chi connectivity index (χ1n) is 6.92. The average Bonchev–Trinajstić information content (AvgIpc) is 2.37. The van der Waals surface area contributed by atoms with Gasteiger partial charge in [-0.25, -0.2) is 0 Å². The van der Waals surface area contributed by atoms with E-state index >= 15 is 0 Å². The van der Waals surface area contributed by atoms with Gasteiger partial charge in [-0.2, -0.15) is 0 Å². The predicted molar refractivity (Wildman–Crippen MR) is 74.5 cm³/mol. The Morgan fingerprint density at radius 3 is 2.83 bits per heavy atom. The van der Waals surface area contributed by atoms with Crippen LogP contribution in [0.2, 0.25) is 0 Å². The number of aryl methyl sites for hydroxylation is 1. The Kier molecular flexibility index (Phi) is 3.62. The van der Waals surface area contributed by atoms with E-state index in [9.17, 15) is 4.79 Å². The molecule has 0 aliphatic heterocycles. The molecule has 18 heavy (non-hydrogen) atoms. The monoisotopic (exact) mass is 248 g/mol. The van der Waals surface area contributed by atoms with Crippen LogP contribution in [0, 0.1) is 11.3 Å². The Morgan fingerprint density at radius 1 is 1.50 bits per heavy atom. The highest BCUT2D eigenvalue weighted by Crippen LogP contribution is 2.39. The predicted octanol–water partition coefficient (Wildman–Crippen LogP) is 2.37. The molecule has 1 heterocycles. The molecule has 1 aromatic rings. The maximum Gasteiger partial charge on any atom is 0.252 e. The van der Waals surface area contributed by atoms with Crippen LogP contribution in [0.15, 0.2) is 10.9 Å². The van der Waals surface area contributed by atoms with Crippen LogP contribution in [-0.4, -0.2) is 4.98 Å². The normalized spacial score (nSPS) is 19.7. The number of aromatic nitrogens is 1. The van der Waals surface area contributed by atoms with E-state index in [1.165, 1.54) is 18.4 Å². The maximum absolute atomic E-state index is 11.7. The summed E-state index contributed by atoms with van der Waals surface area (Å²) in [6, 6.07) is 2.02. The van der Waals surface area contributed by atoms with Crippen LogP contribution in [-0.2, 0) is 19.4 Å². The lowest BCUT2D eigenvalue weighted by Crippen LogP contribution is -2.31. The second-order valence-corrected chi connectivity index (χ2v) is 6.11. The van der Waals surface area contributed by atoms with Crippen molar-refractivity contribution in [2.75, 3.05) is 0 Å². The Bertz CT molecular complexity index is 488. The Morgan fingerprint density at radius 2 is 2.22 bits per heavy atom. The van der Waals surface area contributed by atoms with Crippen molar-refractivity contribution in [3.05, 3.63) is 33.2 Å². The van der Waals surface area contributed by atoms with E-state index in [1.807, 2.05) is 6.07 Å². The number of aromatic amines is 1. The van der Waals surface area contributed by atoms with Crippen LogP contribution >= 0.6 is 0 Å². The molecule has 1 atom stereocenters. The second-order valence-electron chi connectivity index (χ2n) is 6.11. The molecule has 1 unspecified atom stereocenters. The fraction of sp³-hybridized carbons (Fsp3) is 0.667. The number of pyridine rings is 1. The molecule has 3 heteroatoms. The topological polar surface area (TPSA) is 58.9 Å². The summed E-state index contributed by atoms with van der Waals surface area (Å²) in [4.78, 5) is 14.7. The van der Waals surface area contributed by atoms with Gasteiger partial charge < -0.3 is 10.7 Å². The minimum atomic E-state index is -0.00977. The Labute approximate surface area is 109 Å². The number of hydrogen-bond acceptors (Lipinski definition) is 2. The van der Waals surface area contributed by atoms with Gasteiger partial charge >= 0.3 is 0 Å². The van der Waals surface area contributed by atoms with Gasteiger partial charge in [0, 0.05) is 17.8 Å². The number of rotatable bonds is 3. The summed E-state index contributed by atoms with van der Waals surface area (Å²) in [7, 11) is 0. The molecule has 0 saturated heterocycles. The zero-order valence-corrected chi connectivity index (χ0v) is 11.7. The zero-order valence-electron chi connectivity index (χ0n) is 11.7. The summed E-state index contributed by atoms with van der Waals surface area (Å²) in [6.45, 7) is 7.27. The van der Waals surface area contributed by atoms with Gasteiger partial charge in [-0.15, -0.1) is 0 Å². The fourth-order valence-electron chi connectivity index (χ4n) is 2.86. The minimum absolute atomic E-state index is 0.00977. The molecule has 1 aromatic heterocycles. The third-order valence-electron chi connectivity index (χ3n) is 4.74. The lowest BCUT2D eigenvalue weighted by atomic mass is 9.69. The zero-order chi connectivity index (χ0) is 13.3. The molecule has 0 spiro atoms. The summed E-state index contributed by atoms with van der Waals surface area (Å²) >= 11 is 0. The second kappa shape index (κ2) is 4.88. The molecule has 0 aromatic carbocycles. The summed E-state index contributed by atoms with van der Waals surface area (Å²) in [5.74, 6) is 0.700. The van der Waals surface area contributed by atoms with Gasteiger partial charge in [0.05, 0.1) is 0 Å². The minimum Gasteiger partial charge on any atom is -0.326 e. The first-order valence-corrected chi connectivity index (χ1v) is 6.92. The molecular weight excluding hydrogens is 224 g/mol.